The highest BCUT2D eigenvalue weighted by molar-refractivity contribution is 5.96. The lowest BCUT2D eigenvalue weighted by Gasteiger charge is -2.11. The van der Waals surface area contributed by atoms with E-state index in [-0.39, 0.29) is 17.5 Å². The number of hydrogen-bond acceptors (Lipinski definition) is 5. The number of aromatic nitrogens is 1. The van der Waals surface area contributed by atoms with Gasteiger partial charge in [0.2, 0.25) is 0 Å². The number of carbonyl (C=O) groups excluding carboxylic acids is 2. The van der Waals surface area contributed by atoms with Gasteiger partial charge in [0.15, 0.2) is 0 Å². The van der Waals surface area contributed by atoms with Gasteiger partial charge in [0.25, 0.3) is 11.8 Å². The van der Waals surface area contributed by atoms with Gasteiger partial charge < -0.3 is 20.1 Å². The first-order chi connectivity index (χ1) is 15.0. The summed E-state index contributed by atoms with van der Waals surface area (Å²) < 4.78 is 11.1. The molecule has 0 aliphatic rings. The van der Waals surface area contributed by atoms with Crippen LogP contribution in [0.15, 0.2) is 60.8 Å². The van der Waals surface area contributed by atoms with Crippen LogP contribution < -0.4 is 20.1 Å². The van der Waals surface area contributed by atoms with Crippen molar-refractivity contribution in [2.24, 2.45) is 0 Å². The second-order valence-electron chi connectivity index (χ2n) is 6.84. The molecular weight excluding hydrogens is 394 g/mol. The Balaban J connectivity index is 1.60. The number of pyridine rings is 1. The summed E-state index contributed by atoms with van der Waals surface area (Å²) in [4.78, 5) is 28.3. The molecule has 0 fully saturated rings. The number of rotatable bonds is 8. The van der Waals surface area contributed by atoms with Gasteiger partial charge in [0, 0.05) is 37.0 Å². The smallest absolute Gasteiger partial charge is 0.269 e. The third-order valence-corrected chi connectivity index (χ3v) is 4.77. The lowest BCUT2D eigenvalue weighted by Crippen LogP contribution is -2.26. The number of ether oxygens (including phenoxy) is 2. The van der Waals surface area contributed by atoms with Crippen molar-refractivity contribution in [2.75, 3.05) is 20.7 Å². The Kier molecular flexibility index (Phi) is 7.22. The molecule has 7 nitrogen and oxygen atoms in total. The van der Waals surface area contributed by atoms with Crippen LogP contribution in [0.1, 0.15) is 32.0 Å². The Labute approximate surface area is 181 Å². The number of nitrogens with zero attached hydrogens (tertiary/aromatic N) is 1. The monoisotopic (exact) mass is 419 g/mol. The van der Waals surface area contributed by atoms with Gasteiger partial charge in [-0.15, -0.1) is 0 Å². The zero-order valence-corrected chi connectivity index (χ0v) is 17.8. The highest BCUT2D eigenvalue weighted by atomic mass is 16.5. The van der Waals surface area contributed by atoms with Gasteiger partial charge in [0.05, 0.1) is 7.11 Å². The van der Waals surface area contributed by atoms with E-state index in [2.05, 4.69) is 15.6 Å². The quantitative estimate of drug-likeness (QED) is 0.583. The van der Waals surface area contributed by atoms with Crippen molar-refractivity contribution in [3.63, 3.8) is 0 Å². The highest BCUT2D eigenvalue weighted by Gasteiger charge is 2.12. The van der Waals surface area contributed by atoms with Gasteiger partial charge in [-0.2, -0.15) is 0 Å². The van der Waals surface area contributed by atoms with Crippen LogP contribution in [0, 0.1) is 6.92 Å². The normalized spacial score (nSPS) is 10.3. The Bertz CT molecular complexity index is 1080. The van der Waals surface area contributed by atoms with Crippen molar-refractivity contribution in [3.8, 4) is 17.2 Å². The number of benzene rings is 2. The summed E-state index contributed by atoms with van der Waals surface area (Å²) in [5.41, 5.74) is 2.71. The lowest BCUT2D eigenvalue weighted by molar-refractivity contribution is 0.0947. The molecule has 1 aromatic heterocycles. The molecule has 3 rings (SSSR count). The minimum atomic E-state index is -0.277. The Morgan fingerprint density at radius 2 is 1.77 bits per heavy atom. The van der Waals surface area contributed by atoms with E-state index in [0.717, 1.165) is 11.1 Å². The third-order valence-electron chi connectivity index (χ3n) is 4.77. The fourth-order valence-corrected chi connectivity index (χ4v) is 3.12. The zero-order valence-electron chi connectivity index (χ0n) is 17.8. The van der Waals surface area contributed by atoms with Crippen LogP contribution in [0.4, 0.5) is 0 Å². The van der Waals surface area contributed by atoms with Gasteiger partial charge in [-0.1, -0.05) is 18.2 Å². The van der Waals surface area contributed by atoms with Crippen LogP contribution in [0.5, 0.6) is 17.2 Å². The summed E-state index contributed by atoms with van der Waals surface area (Å²) in [6.07, 6.45) is 2.17. The molecule has 0 spiro atoms. The predicted molar refractivity (Wildman–Crippen MR) is 118 cm³/mol. The number of amides is 2. The summed E-state index contributed by atoms with van der Waals surface area (Å²) in [5, 5.41) is 5.48. The van der Waals surface area contributed by atoms with Crippen molar-refractivity contribution in [1.29, 1.82) is 0 Å². The van der Waals surface area contributed by atoms with Gasteiger partial charge in [0.1, 0.15) is 22.9 Å². The highest BCUT2D eigenvalue weighted by Crippen LogP contribution is 2.23. The maximum atomic E-state index is 12.5. The second-order valence-corrected chi connectivity index (χ2v) is 6.84. The number of methoxy groups -OCH3 is 1. The first-order valence-electron chi connectivity index (χ1n) is 9.88. The standard InChI is InChI=1S/C24H25N3O4/c1-16-20(8-5-9-22(16)30-3)23(28)27-12-10-17-6-4-7-18(14-17)31-19-11-13-26-21(15-19)24(29)25-2/h4-9,11,13-15H,10,12H2,1-3H3,(H,25,29)(H,27,28). The summed E-state index contributed by atoms with van der Waals surface area (Å²) in [6, 6.07) is 16.3. The number of nitrogens with one attached hydrogen (secondary N) is 2. The molecule has 7 heteroatoms. The molecule has 0 saturated carbocycles. The Morgan fingerprint density at radius 1 is 1.00 bits per heavy atom. The third kappa shape index (κ3) is 5.60. The van der Waals surface area contributed by atoms with Crippen LogP contribution in [0.3, 0.4) is 0 Å². The van der Waals surface area contributed by atoms with E-state index in [0.29, 0.717) is 35.8 Å². The maximum Gasteiger partial charge on any atom is 0.269 e. The predicted octanol–water partition coefficient (Wildman–Crippen LogP) is 3.52. The van der Waals surface area contributed by atoms with Crippen molar-refractivity contribution in [3.05, 3.63) is 83.2 Å². The van der Waals surface area contributed by atoms with Gasteiger partial charge in [-0.25, -0.2) is 0 Å². The molecule has 2 aromatic carbocycles. The Hall–Kier alpha value is -3.87. The van der Waals surface area contributed by atoms with Crippen LogP contribution in [-0.4, -0.2) is 37.5 Å². The van der Waals surface area contributed by atoms with E-state index in [1.165, 1.54) is 6.20 Å². The molecule has 0 saturated heterocycles. The lowest BCUT2D eigenvalue weighted by atomic mass is 10.1. The fraction of sp³-hybridized carbons (Fsp3) is 0.208. The molecule has 160 valence electrons. The SMILES string of the molecule is CNC(=O)c1cc(Oc2cccc(CCNC(=O)c3cccc(OC)c3C)c2)ccn1. The molecule has 2 N–H and O–H groups in total. The number of carbonyl (C=O) groups is 2. The molecule has 3 aromatic rings. The first kappa shape index (κ1) is 21.8. The van der Waals surface area contributed by atoms with Gasteiger partial charge >= 0.3 is 0 Å². The van der Waals surface area contributed by atoms with Crippen LogP contribution in [0.25, 0.3) is 0 Å². The van der Waals surface area contributed by atoms with E-state index in [9.17, 15) is 9.59 Å². The van der Waals surface area contributed by atoms with Gasteiger partial charge in [-0.05, 0) is 49.2 Å². The summed E-state index contributed by atoms with van der Waals surface area (Å²) in [7, 11) is 3.14. The van der Waals surface area contributed by atoms with E-state index in [4.69, 9.17) is 9.47 Å². The largest absolute Gasteiger partial charge is 0.496 e. The molecule has 0 atom stereocenters. The fourth-order valence-electron chi connectivity index (χ4n) is 3.12. The Morgan fingerprint density at radius 3 is 2.55 bits per heavy atom. The molecule has 0 aliphatic carbocycles. The van der Waals surface area contributed by atoms with Crippen molar-refractivity contribution in [1.82, 2.24) is 15.6 Å². The average molecular weight is 419 g/mol. The zero-order chi connectivity index (χ0) is 22.2. The number of hydrogen-bond donors (Lipinski definition) is 2. The molecule has 0 unspecified atom stereocenters. The van der Waals surface area contributed by atoms with Crippen LogP contribution >= 0.6 is 0 Å². The molecule has 31 heavy (non-hydrogen) atoms. The van der Waals surface area contributed by atoms with Crippen molar-refractivity contribution < 1.29 is 19.1 Å². The molecule has 0 radical (unpaired) electrons. The average Bonchev–Trinajstić information content (AvgIpc) is 2.79. The van der Waals surface area contributed by atoms with E-state index < -0.39 is 0 Å². The summed E-state index contributed by atoms with van der Waals surface area (Å²) in [6.45, 7) is 2.35. The molecule has 1 heterocycles. The minimum Gasteiger partial charge on any atom is -0.496 e. The summed E-state index contributed by atoms with van der Waals surface area (Å²) in [5.74, 6) is 1.44. The maximum absolute atomic E-state index is 12.5. The van der Waals surface area contributed by atoms with E-state index >= 15 is 0 Å². The van der Waals surface area contributed by atoms with Crippen LogP contribution in [0.2, 0.25) is 0 Å². The second kappa shape index (κ2) is 10.2. The molecule has 0 aliphatic heterocycles. The van der Waals surface area contributed by atoms with Crippen molar-refractivity contribution in [2.45, 2.75) is 13.3 Å². The van der Waals surface area contributed by atoms with Crippen LogP contribution in [-0.2, 0) is 6.42 Å². The minimum absolute atomic E-state index is 0.137. The molecular formula is C24H25N3O4. The molecule has 2 amide bonds. The van der Waals surface area contributed by atoms with E-state index in [1.807, 2.05) is 37.3 Å². The van der Waals surface area contributed by atoms with E-state index in [1.54, 1.807) is 38.4 Å². The van der Waals surface area contributed by atoms with Crippen molar-refractivity contribution >= 4 is 11.8 Å². The topological polar surface area (TPSA) is 89.6 Å². The van der Waals surface area contributed by atoms with Gasteiger partial charge in [-0.3, -0.25) is 14.6 Å². The summed E-state index contributed by atoms with van der Waals surface area (Å²) >= 11 is 0. The molecule has 0 bridgehead atoms. The first-order valence-corrected chi connectivity index (χ1v) is 9.88.